The van der Waals surface area contributed by atoms with Crippen LogP contribution in [0.2, 0.25) is 5.02 Å². The summed E-state index contributed by atoms with van der Waals surface area (Å²) in [5.41, 5.74) is 0.813. The van der Waals surface area contributed by atoms with Crippen molar-refractivity contribution in [3.8, 4) is 6.07 Å². The predicted octanol–water partition coefficient (Wildman–Crippen LogP) is 2.22. The number of aromatic carboxylic acids is 1. The van der Waals surface area contributed by atoms with Crippen LogP contribution in [0.5, 0.6) is 0 Å². The average Bonchev–Trinajstić information content (AvgIpc) is 2.08. The molecule has 1 aromatic carbocycles. The van der Waals surface area contributed by atoms with E-state index in [1.54, 1.807) is 6.92 Å². The van der Waals surface area contributed by atoms with Gasteiger partial charge in [0.05, 0.1) is 17.2 Å². The van der Waals surface area contributed by atoms with E-state index in [9.17, 15) is 4.79 Å². The predicted molar refractivity (Wildman–Crippen MR) is 47.9 cm³/mol. The summed E-state index contributed by atoms with van der Waals surface area (Å²) in [6.07, 6.45) is 0. The molecular formula is C9H6ClNO2. The third-order valence-corrected chi connectivity index (χ3v) is 1.94. The van der Waals surface area contributed by atoms with Crippen LogP contribution in [-0.4, -0.2) is 11.1 Å². The first-order chi connectivity index (χ1) is 6.06. The monoisotopic (exact) mass is 195 g/mol. The Morgan fingerprint density at radius 2 is 2.23 bits per heavy atom. The fraction of sp³-hybridized carbons (Fsp3) is 0.111. The Balaban J connectivity index is 3.47. The van der Waals surface area contributed by atoms with Crippen LogP contribution < -0.4 is 0 Å². The van der Waals surface area contributed by atoms with Gasteiger partial charge in [-0.25, -0.2) is 4.79 Å². The quantitative estimate of drug-likeness (QED) is 0.748. The second kappa shape index (κ2) is 3.46. The lowest BCUT2D eigenvalue weighted by Crippen LogP contribution is -2.01. The second-order valence-electron chi connectivity index (χ2n) is 2.54. The Bertz CT molecular complexity index is 407. The third kappa shape index (κ3) is 1.79. The van der Waals surface area contributed by atoms with Gasteiger partial charge < -0.3 is 5.11 Å². The van der Waals surface area contributed by atoms with Crippen LogP contribution in [0, 0.1) is 18.3 Å². The Morgan fingerprint density at radius 3 is 2.69 bits per heavy atom. The minimum atomic E-state index is -1.07. The summed E-state index contributed by atoms with van der Waals surface area (Å²) < 4.78 is 0. The molecule has 0 spiro atoms. The number of rotatable bonds is 1. The summed E-state index contributed by atoms with van der Waals surface area (Å²) in [7, 11) is 0. The second-order valence-corrected chi connectivity index (χ2v) is 2.98. The van der Waals surface area contributed by atoms with Crippen molar-refractivity contribution in [2.75, 3.05) is 0 Å². The first kappa shape index (κ1) is 9.56. The summed E-state index contributed by atoms with van der Waals surface area (Å²) in [6.45, 7) is 1.58. The van der Waals surface area contributed by atoms with Crippen molar-refractivity contribution >= 4 is 17.6 Å². The highest BCUT2D eigenvalue weighted by Gasteiger charge is 2.11. The molecule has 0 aliphatic carbocycles. The highest BCUT2D eigenvalue weighted by atomic mass is 35.5. The number of hydrogen-bond acceptors (Lipinski definition) is 2. The lowest BCUT2D eigenvalue weighted by Gasteiger charge is -2.02. The molecule has 0 radical (unpaired) electrons. The van der Waals surface area contributed by atoms with Crippen molar-refractivity contribution < 1.29 is 9.90 Å². The molecule has 0 aliphatic heterocycles. The van der Waals surface area contributed by atoms with Crippen LogP contribution >= 0.6 is 11.6 Å². The summed E-state index contributed by atoms with van der Waals surface area (Å²) in [6, 6.07) is 4.66. The maximum absolute atomic E-state index is 10.7. The van der Waals surface area contributed by atoms with E-state index in [0.717, 1.165) is 0 Å². The van der Waals surface area contributed by atoms with Gasteiger partial charge in [0, 0.05) is 5.02 Å². The number of hydrogen-bond donors (Lipinski definition) is 1. The Labute approximate surface area is 80.2 Å². The SMILES string of the molecule is Cc1c(C#N)cc(Cl)cc1C(=O)O. The van der Waals surface area contributed by atoms with Crippen molar-refractivity contribution in [3.63, 3.8) is 0 Å². The van der Waals surface area contributed by atoms with Gasteiger partial charge in [0.2, 0.25) is 0 Å². The van der Waals surface area contributed by atoms with E-state index in [2.05, 4.69) is 0 Å². The van der Waals surface area contributed by atoms with E-state index in [0.29, 0.717) is 11.1 Å². The topological polar surface area (TPSA) is 61.1 Å². The van der Waals surface area contributed by atoms with Crippen molar-refractivity contribution in [1.29, 1.82) is 5.26 Å². The summed E-state index contributed by atoms with van der Waals surface area (Å²) >= 11 is 5.63. The van der Waals surface area contributed by atoms with Crippen LogP contribution in [0.1, 0.15) is 21.5 Å². The lowest BCUT2D eigenvalue weighted by molar-refractivity contribution is 0.0696. The molecule has 1 rings (SSSR count). The maximum atomic E-state index is 10.7. The van der Waals surface area contributed by atoms with E-state index >= 15 is 0 Å². The molecule has 0 atom stereocenters. The fourth-order valence-corrected chi connectivity index (χ4v) is 1.24. The first-order valence-electron chi connectivity index (χ1n) is 3.50. The third-order valence-electron chi connectivity index (χ3n) is 1.72. The minimum Gasteiger partial charge on any atom is -0.478 e. The average molecular weight is 196 g/mol. The Morgan fingerprint density at radius 1 is 1.62 bits per heavy atom. The van der Waals surface area contributed by atoms with E-state index in [1.165, 1.54) is 12.1 Å². The highest BCUT2D eigenvalue weighted by Crippen LogP contribution is 2.19. The molecule has 0 saturated carbocycles. The molecule has 4 heteroatoms. The van der Waals surface area contributed by atoms with E-state index in [1.807, 2.05) is 6.07 Å². The molecule has 1 aromatic rings. The molecule has 0 aliphatic rings. The molecule has 0 saturated heterocycles. The van der Waals surface area contributed by atoms with Gasteiger partial charge in [0.15, 0.2) is 0 Å². The van der Waals surface area contributed by atoms with Gasteiger partial charge >= 0.3 is 5.97 Å². The van der Waals surface area contributed by atoms with E-state index in [-0.39, 0.29) is 10.6 Å². The summed E-state index contributed by atoms with van der Waals surface area (Å²) in [5.74, 6) is -1.07. The largest absolute Gasteiger partial charge is 0.478 e. The molecule has 13 heavy (non-hydrogen) atoms. The van der Waals surface area contributed by atoms with Gasteiger partial charge in [-0.1, -0.05) is 11.6 Å². The summed E-state index contributed by atoms with van der Waals surface area (Å²) in [5, 5.41) is 17.7. The number of nitriles is 1. The number of carboxylic acid groups (broad SMARTS) is 1. The van der Waals surface area contributed by atoms with Crippen LogP contribution in [0.15, 0.2) is 12.1 Å². The number of benzene rings is 1. The van der Waals surface area contributed by atoms with Crippen molar-refractivity contribution in [2.45, 2.75) is 6.92 Å². The van der Waals surface area contributed by atoms with Gasteiger partial charge in [0.1, 0.15) is 0 Å². The molecule has 0 heterocycles. The Hall–Kier alpha value is -1.53. The van der Waals surface area contributed by atoms with Crippen LogP contribution in [0.4, 0.5) is 0 Å². The van der Waals surface area contributed by atoms with Gasteiger partial charge in [-0.3, -0.25) is 0 Å². The van der Waals surface area contributed by atoms with Gasteiger partial charge in [0.25, 0.3) is 0 Å². The molecule has 3 nitrogen and oxygen atoms in total. The van der Waals surface area contributed by atoms with Gasteiger partial charge in [-0.2, -0.15) is 5.26 Å². The van der Waals surface area contributed by atoms with Gasteiger partial charge in [-0.05, 0) is 24.6 Å². The van der Waals surface area contributed by atoms with Crippen LogP contribution in [0.25, 0.3) is 0 Å². The number of halogens is 1. The molecule has 0 aromatic heterocycles. The smallest absolute Gasteiger partial charge is 0.336 e. The number of carbonyl (C=O) groups is 1. The molecule has 0 amide bonds. The standard InChI is InChI=1S/C9H6ClNO2/c1-5-6(4-11)2-7(10)3-8(5)9(12)13/h2-3H,1H3,(H,12,13). The minimum absolute atomic E-state index is 0.0732. The van der Waals surface area contributed by atoms with E-state index in [4.69, 9.17) is 22.0 Å². The normalized spacial score (nSPS) is 9.31. The number of nitrogens with zero attached hydrogens (tertiary/aromatic N) is 1. The fourth-order valence-electron chi connectivity index (χ4n) is 1.02. The number of carboxylic acids is 1. The summed E-state index contributed by atoms with van der Waals surface area (Å²) in [4.78, 5) is 10.7. The molecule has 0 fully saturated rings. The maximum Gasteiger partial charge on any atom is 0.336 e. The van der Waals surface area contributed by atoms with Crippen LogP contribution in [-0.2, 0) is 0 Å². The molecule has 0 unspecified atom stereocenters. The highest BCUT2D eigenvalue weighted by molar-refractivity contribution is 6.31. The van der Waals surface area contributed by atoms with Crippen LogP contribution in [0.3, 0.4) is 0 Å². The van der Waals surface area contributed by atoms with Crippen molar-refractivity contribution in [2.24, 2.45) is 0 Å². The molecule has 66 valence electrons. The molecular weight excluding hydrogens is 190 g/mol. The molecule has 1 N–H and O–H groups in total. The first-order valence-corrected chi connectivity index (χ1v) is 3.87. The lowest BCUT2D eigenvalue weighted by atomic mass is 10.0. The van der Waals surface area contributed by atoms with E-state index < -0.39 is 5.97 Å². The molecule has 0 bridgehead atoms. The zero-order chi connectivity index (χ0) is 10.0. The Kier molecular flexibility index (Phi) is 2.54. The van der Waals surface area contributed by atoms with Crippen molar-refractivity contribution in [1.82, 2.24) is 0 Å². The zero-order valence-corrected chi connectivity index (χ0v) is 7.59. The van der Waals surface area contributed by atoms with Gasteiger partial charge in [-0.15, -0.1) is 0 Å². The zero-order valence-electron chi connectivity index (χ0n) is 6.84. The van der Waals surface area contributed by atoms with Crippen molar-refractivity contribution in [3.05, 3.63) is 33.8 Å².